The molecule has 0 aliphatic rings. The second-order valence-corrected chi connectivity index (χ2v) is 6.25. The molecule has 2 N–H and O–H groups in total. The Hall–Kier alpha value is -1.83. The molecule has 0 saturated carbocycles. The maximum atomic E-state index is 6.09. The summed E-state index contributed by atoms with van der Waals surface area (Å²) in [6.07, 6.45) is 1.77. The van der Waals surface area contributed by atoms with Crippen molar-refractivity contribution in [1.82, 2.24) is 4.98 Å². The van der Waals surface area contributed by atoms with Crippen LogP contribution in [0, 0.1) is 0 Å². The Balaban J connectivity index is 2.13. The monoisotopic (exact) mass is 300 g/mol. The van der Waals surface area contributed by atoms with E-state index >= 15 is 0 Å². The quantitative estimate of drug-likeness (QED) is 0.728. The molecule has 0 bridgehead atoms. The fourth-order valence-corrected chi connectivity index (χ4v) is 3.91. The van der Waals surface area contributed by atoms with E-state index in [4.69, 9.17) is 5.73 Å². The van der Waals surface area contributed by atoms with Crippen LogP contribution in [0.4, 0.5) is 5.69 Å². The fourth-order valence-electron chi connectivity index (χ4n) is 1.85. The molecule has 0 atom stereocenters. The summed E-state index contributed by atoms with van der Waals surface area (Å²) in [6.45, 7) is 0. The molecule has 1 heterocycles. The number of nitrogens with zero attached hydrogens (tertiary/aromatic N) is 1. The van der Waals surface area contributed by atoms with E-state index in [1.54, 1.807) is 6.20 Å². The molecule has 0 spiro atoms. The molecule has 3 heteroatoms. The summed E-state index contributed by atoms with van der Waals surface area (Å²) >= 11 is 0.216. The van der Waals surface area contributed by atoms with E-state index in [9.17, 15) is 0 Å². The number of fused-ring (bicyclic) bond motifs is 1. The zero-order valence-electron chi connectivity index (χ0n) is 9.71. The van der Waals surface area contributed by atoms with Gasteiger partial charge in [0.25, 0.3) is 0 Å². The van der Waals surface area contributed by atoms with Gasteiger partial charge in [0, 0.05) is 0 Å². The Morgan fingerprint density at radius 3 is 2.44 bits per heavy atom. The average molecular weight is 299 g/mol. The van der Waals surface area contributed by atoms with Crippen LogP contribution < -0.4 is 14.7 Å². The molecule has 0 fully saturated rings. The molecule has 0 unspecified atom stereocenters. The van der Waals surface area contributed by atoms with Crippen LogP contribution in [0.5, 0.6) is 0 Å². The van der Waals surface area contributed by atoms with Crippen LogP contribution in [0.15, 0.2) is 60.8 Å². The molecule has 2 aromatic carbocycles. The summed E-state index contributed by atoms with van der Waals surface area (Å²) in [7, 11) is 0. The van der Waals surface area contributed by atoms with Gasteiger partial charge in [0.2, 0.25) is 0 Å². The van der Waals surface area contributed by atoms with Crippen molar-refractivity contribution in [3.8, 4) is 0 Å². The number of hydrogen-bond acceptors (Lipinski definition) is 2. The predicted octanol–water partition coefficient (Wildman–Crippen LogP) is 1.47. The van der Waals surface area contributed by atoms with Crippen molar-refractivity contribution in [3.63, 3.8) is 0 Å². The number of nitrogens with two attached hydrogens (primary N) is 1. The molecule has 18 heavy (non-hydrogen) atoms. The first-order chi connectivity index (χ1) is 8.84. The SMILES string of the molecule is Nc1cnc2ccccc2c1[Se]c1ccccc1. The van der Waals surface area contributed by atoms with Gasteiger partial charge >= 0.3 is 112 Å². The number of benzene rings is 2. The van der Waals surface area contributed by atoms with Crippen LogP contribution in [0.1, 0.15) is 0 Å². The number of pyridine rings is 1. The van der Waals surface area contributed by atoms with E-state index in [0.717, 1.165) is 11.2 Å². The van der Waals surface area contributed by atoms with E-state index in [1.165, 1.54) is 14.3 Å². The topological polar surface area (TPSA) is 38.9 Å². The molecule has 3 rings (SSSR count). The third-order valence-electron chi connectivity index (χ3n) is 2.72. The van der Waals surface area contributed by atoms with Gasteiger partial charge in [-0.1, -0.05) is 0 Å². The van der Waals surface area contributed by atoms with Crippen molar-refractivity contribution in [2.24, 2.45) is 0 Å². The minimum absolute atomic E-state index is 0.216. The number of anilines is 1. The van der Waals surface area contributed by atoms with Gasteiger partial charge in [0.1, 0.15) is 0 Å². The fraction of sp³-hybridized carbons (Fsp3) is 0. The normalized spacial score (nSPS) is 10.7. The van der Waals surface area contributed by atoms with Gasteiger partial charge in [0.15, 0.2) is 0 Å². The van der Waals surface area contributed by atoms with Crippen molar-refractivity contribution in [2.45, 2.75) is 0 Å². The standard InChI is InChI=1S/C15H12N2Se/c16-13-10-17-14-9-5-4-8-12(14)15(13)18-11-6-2-1-3-7-11/h1-10H,16H2. The second kappa shape index (κ2) is 4.81. The molecule has 88 valence electrons. The predicted molar refractivity (Wildman–Crippen MR) is 77.6 cm³/mol. The van der Waals surface area contributed by atoms with Gasteiger partial charge in [-0.05, 0) is 0 Å². The minimum atomic E-state index is 0.216. The van der Waals surface area contributed by atoms with Gasteiger partial charge in [-0.15, -0.1) is 0 Å². The van der Waals surface area contributed by atoms with Crippen LogP contribution >= 0.6 is 0 Å². The molecule has 0 radical (unpaired) electrons. The summed E-state index contributed by atoms with van der Waals surface area (Å²) in [5.74, 6) is 0. The number of nitrogen functional groups attached to an aromatic ring is 1. The first-order valence-corrected chi connectivity index (χ1v) is 7.42. The van der Waals surface area contributed by atoms with Gasteiger partial charge in [-0.3, -0.25) is 0 Å². The van der Waals surface area contributed by atoms with Crippen LogP contribution in [-0.2, 0) is 0 Å². The Kier molecular flexibility index (Phi) is 3.01. The second-order valence-electron chi connectivity index (χ2n) is 3.97. The van der Waals surface area contributed by atoms with Crippen molar-refractivity contribution < 1.29 is 0 Å². The summed E-state index contributed by atoms with van der Waals surface area (Å²) in [6, 6.07) is 18.6. The molecular weight excluding hydrogens is 287 g/mol. The molecular formula is C15H12N2Se. The van der Waals surface area contributed by atoms with E-state index in [-0.39, 0.29) is 15.0 Å². The van der Waals surface area contributed by atoms with Crippen LogP contribution in [0.2, 0.25) is 0 Å². The summed E-state index contributed by atoms with van der Waals surface area (Å²) in [5.41, 5.74) is 7.89. The third-order valence-corrected chi connectivity index (χ3v) is 5.17. The van der Waals surface area contributed by atoms with Gasteiger partial charge < -0.3 is 0 Å². The van der Waals surface area contributed by atoms with Crippen molar-refractivity contribution in [3.05, 3.63) is 60.8 Å². The maximum absolute atomic E-state index is 6.09. The molecule has 2 nitrogen and oxygen atoms in total. The Bertz CT molecular complexity index is 680. The molecule has 0 saturated heterocycles. The average Bonchev–Trinajstić information content (AvgIpc) is 2.43. The van der Waals surface area contributed by atoms with Crippen LogP contribution in [0.3, 0.4) is 0 Å². The number of aromatic nitrogens is 1. The summed E-state index contributed by atoms with van der Waals surface area (Å²) in [5, 5.41) is 1.17. The number of rotatable bonds is 2. The molecule has 0 aliphatic heterocycles. The summed E-state index contributed by atoms with van der Waals surface area (Å²) < 4.78 is 2.55. The van der Waals surface area contributed by atoms with Gasteiger partial charge in [-0.2, -0.15) is 0 Å². The van der Waals surface area contributed by atoms with E-state index in [2.05, 4.69) is 35.3 Å². The summed E-state index contributed by atoms with van der Waals surface area (Å²) in [4.78, 5) is 4.37. The van der Waals surface area contributed by atoms with Gasteiger partial charge in [-0.25, -0.2) is 0 Å². The Labute approximate surface area is 112 Å². The van der Waals surface area contributed by atoms with Crippen molar-refractivity contribution in [2.75, 3.05) is 5.73 Å². The van der Waals surface area contributed by atoms with Crippen molar-refractivity contribution >= 4 is 40.5 Å². The number of para-hydroxylation sites is 1. The Morgan fingerprint density at radius 2 is 1.61 bits per heavy atom. The van der Waals surface area contributed by atoms with Gasteiger partial charge in [0.05, 0.1) is 0 Å². The molecule has 0 aliphatic carbocycles. The zero-order chi connectivity index (χ0) is 12.4. The van der Waals surface area contributed by atoms with E-state index in [1.807, 2.05) is 24.3 Å². The third kappa shape index (κ3) is 2.10. The molecule has 1 aromatic heterocycles. The molecule has 3 aromatic rings. The molecule has 0 amide bonds. The first-order valence-electron chi connectivity index (χ1n) is 5.71. The number of hydrogen-bond donors (Lipinski definition) is 1. The van der Waals surface area contributed by atoms with Crippen LogP contribution in [-0.4, -0.2) is 19.9 Å². The van der Waals surface area contributed by atoms with Crippen molar-refractivity contribution in [1.29, 1.82) is 0 Å². The Morgan fingerprint density at radius 1 is 0.889 bits per heavy atom. The first kappa shape index (κ1) is 11.3. The van der Waals surface area contributed by atoms with Crippen LogP contribution in [0.25, 0.3) is 10.9 Å². The zero-order valence-corrected chi connectivity index (χ0v) is 11.4. The van der Waals surface area contributed by atoms with E-state index < -0.39 is 0 Å². The van der Waals surface area contributed by atoms with E-state index in [0.29, 0.717) is 0 Å².